The lowest BCUT2D eigenvalue weighted by Crippen LogP contribution is -2.30. The zero-order valence-electron chi connectivity index (χ0n) is 14.3. The van der Waals surface area contributed by atoms with E-state index in [1.54, 1.807) is 4.90 Å². The Morgan fingerprint density at radius 2 is 2.08 bits per heavy atom. The number of hydrogen-bond acceptors (Lipinski definition) is 6. The molecule has 0 bridgehead atoms. The van der Waals surface area contributed by atoms with Crippen molar-refractivity contribution in [2.24, 2.45) is 0 Å². The molecule has 26 heavy (non-hydrogen) atoms. The quantitative estimate of drug-likeness (QED) is 0.442. The number of ether oxygens (including phenoxy) is 1. The van der Waals surface area contributed by atoms with E-state index in [4.69, 9.17) is 9.15 Å². The van der Waals surface area contributed by atoms with Gasteiger partial charge in [-0.15, -0.1) is 12.6 Å². The Kier molecular flexibility index (Phi) is 6.11. The Labute approximate surface area is 161 Å². The van der Waals surface area contributed by atoms with Gasteiger partial charge in [0, 0.05) is 23.9 Å². The number of thiol groups is 1. The van der Waals surface area contributed by atoms with Crippen LogP contribution in [-0.4, -0.2) is 34.6 Å². The van der Waals surface area contributed by atoms with Crippen LogP contribution in [0.4, 0.5) is 4.79 Å². The van der Waals surface area contributed by atoms with E-state index in [1.165, 1.54) is 6.92 Å². The number of hydrogen-bond donors (Lipinski definition) is 1. The van der Waals surface area contributed by atoms with Gasteiger partial charge in [-0.25, -0.2) is 0 Å². The van der Waals surface area contributed by atoms with Crippen molar-refractivity contribution in [2.45, 2.75) is 18.7 Å². The molecule has 0 spiro atoms. The summed E-state index contributed by atoms with van der Waals surface area (Å²) in [6.45, 7) is 2.15. The molecular weight excluding hydrogens is 370 g/mol. The first-order valence-corrected chi connectivity index (χ1v) is 9.54. The molecule has 1 aliphatic heterocycles. The zero-order valence-corrected chi connectivity index (χ0v) is 16.0. The number of nitrogens with zero attached hydrogens (tertiary/aromatic N) is 1. The lowest BCUT2D eigenvalue weighted by Gasteiger charge is -2.19. The van der Waals surface area contributed by atoms with Gasteiger partial charge in [-0.1, -0.05) is 30.3 Å². The molecule has 2 heterocycles. The van der Waals surface area contributed by atoms with E-state index in [9.17, 15) is 9.59 Å². The molecule has 1 atom stereocenters. The molecule has 0 radical (unpaired) electrons. The monoisotopic (exact) mass is 389 g/mol. The van der Waals surface area contributed by atoms with E-state index in [2.05, 4.69) is 12.6 Å². The summed E-state index contributed by atoms with van der Waals surface area (Å²) >= 11 is 5.71. The number of esters is 1. The summed E-state index contributed by atoms with van der Waals surface area (Å²) in [5.41, 5.74) is 1.00. The van der Waals surface area contributed by atoms with E-state index in [0.717, 1.165) is 28.0 Å². The molecule has 1 aromatic carbocycles. The van der Waals surface area contributed by atoms with Crippen molar-refractivity contribution in [2.75, 3.05) is 13.2 Å². The van der Waals surface area contributed by atoms with Crippen LogP contribution < -0.4 is 0 Å². The summed E-state index contributed by atoms with van der Waals surface area (Å²) in [7, 11) is 0. The van der Waals surface area contributed by atoms with Crippen LogP contribution in [0.3, 0.4) is 0 Å². The standard InChI is InChI=1S/C19H19NO4S2/c1-13(21)23-11-5-10-20-18(25)17(26-19(20)22)12-15-8-9-16(24-15)14-6-3-2-4-7-14/h2-4,6-9,12,18,25H,5,10-11H2,1H3/b17-12+. The van der Waals surface area contributed by atoms with Gasteiger partial charge < -0.3 is 14.1 Å². The van der Waals surface area contributed by atoms with Gasteiger partial charge in [0.2, 0.25) is 0 Å². The van der Waals surface area contributed by atoms with Crippen molar-refractivity contribution in [1.29, 1.82) is 0 Å². The molecule has 7 heteroatoms. The number of amides is 1. The first-order valence-electron chi connectivity index (χ1n) is 8.21. The van der Waals surface area contributed by atoms with Gasteiger partial charge in [-0.3, -0.25) is 9.59 Å². The summed E-state index contributed by atoms with van der Waals surface area (Å²) in [6.07, 6.45) is 2.42. The zero-order chi connectivity index (χ0) is 18.5. The van der Waals surface area contributed by atoms with Gasteiger partial charge in [-0.2, -0.15) is 0 Å². The SMILES string of the molecule is CC(=O)OCCCN1C(=O)S/C(=C/c2ccc(-c3ccccc3)o2)C1S. The molecule has 1 unspecified atom stereocenters. The second-order valence-corrected chi connectivity index (χ2v) is 7.26. The average Bonchev–Trinajstić information content (AvgIpc) is 3.19. The Morgan fingerprint density at radius 3 is 2.81 bits per heavy atom. The number of rotatable bonds is 6. The number of benzene rings is 1. The van der Waals surface area contributed by atoms with Crippen LogP contribution in [0, 0.1) is 0 Å². The largest absolute Gasteiger partial charge is 0.466 e. The van der Waals surface area contributed by atoms with Crippen molar-refractivity contribution in [1.82, 2.24) is 4.90 Å². The highest BCUT2D eigenvalue weighted by Gasteiger charge is 2.33. The number of carbonyl (C=O) groups is 2. The second-order valence-electron chi connectivity index (χ2n) is 5.74. The fourth-order valence-corrected chi connectivity index (χ4v) is 4.02. The minimum absolute atomic E-state index is 0.0612. The summed E-state index contributed by atoms with van der Waals surface area (Å²) in [6, 6.07) is 13.6. The molecule has 1 aliphatic rings. The van der Waals surface area contributed by atoms with Crippen LogP contribution in [0.5, 0.6) is 0 Å². The summed E-state index contributed by atoms with van der Waals surface area (Å²) in [4.78, 5) is 25.5. The van der Waals surface area contributed by atoms with Crippen LogP contribution in [0.1, 0.15) is 19.1 Å². The molecule has 0 N–H and O–H groups in total. The first-order chi connectivity index (χ1) is 12.5. The van der Waals surface area contributed by atoms with Crippen LogP contribution in [-0.2, 0) is 9.53 Å². The lowest BCUT2D eigenvalue weighted by molar-refractivity contribution is -0.141. The smallest absolute Gasteiger partial charge is 0.302 e. The third kappa shape index (κ3) is 4.53. The Morgan fingerprint density at radius 1 is 1.31 bits per heavy atom. The van der Waals surface area contributed by atoms with Gasteiger partial charge in [0.05, 0.1) is 6.61 Å². The molecule has 3 rings (SSSR count). The van der Waals surface area contributed by atoms with E-state index >= 15 is 0 Å². The van der Waals surface area contributed by atoms with Crippen molar-refractivity contribution in [3.05, 3.63) is 53.1 Å². The lowest BCUT2D eigenvalue weighted by atomic mass is 10.2. The minimum atomic E-state index is -0.324. The minimum Gasteiger partial charge on any atom is -0.466 e. The Hall–Kier alpha value is -2.12. The highest BCUT2D eigenvalue weighted by Crippen LogP contribution is 2.38. The first kappa shape index (κ1) is 18.7. The van der Waals surface area contributed by atoms with Gasteiger partial charge in [0.1, 0.15) is 16.9 Å². The predicted octanol–water partition coefficient (Wildman–Crippen LogP) is 4.67. The van der Waals surface area contributed by atoms with Gasteiger partial charge in [0.25, 0.3) is 5.24 Å². The maximum absolute atomic E-state index is 12.2. The molecular formula is C19H19NO4S2. The fraction of sp³-hybridized carbons (Fsp3) is 0.263. The topological polar surface area (TPSA) is 59.8 Å². The van der Waals surface area contributed by atoms with Gasteiger partial charge in [-0.05, 0) is 36.4 Å². The number of thioether (sulfide) groups is 1. The van der Waals surface area contributed by atoms with Crippen molar-refractivity contribution in [3.63, 3.8) is 0 Å². The molecule has 136 valence electrons. The van der Waals surface area contributed by atoms with Gasteiger partial charge in [0.15, 0.2) is 0 Å². The van der Waals surface area contributed by atoms with Crippen LogP contribution in [0.15, 0.2) is 51.8 Å². The normalized spacial score (nSPS) is 18.5. The maximum Gasteiger partial charge on any atom is 0.302 e. The molecule has 1 amide bonds. The highest BCUT2D eigenvalue weighted by atomic mass is 32.2. The van der Waals surface area contributed by atoms with Gasteiger partial charge >= 0.3 is 5.97 Å². The average molecular weight is 389 g/mol. The third-order valence-electron chi connectivity index (χ3n) is 3.81. The Balaban J connectivity index is 1.65. The maximum atomic E-state index is 12.2. The summed E-state index contributed by atoms with van der Waals surface area (Å²) in [5, 5.41) is -0.385. The Bertz CT molecular complexity index is 816. The fourth-order valence-electron chi connectivity index (χ4n) is 2.56. The van der Waals surface area contributed by atoms with Crippen molar-refractivity contribution in [3.8, 4) is 11.3 Å². The van der Waals surface area contributed by atoms with Crippen LogP contribution >= 0.6 is 24.4 Å². The van der Waals surface area contributed by atoms with E-state index in [0.29, 0.717) is 25.3 Å². The summed E-state index contributed by atoms with van der Waals surface area (Å²) < 4.78 is 10.8. The number of carbonyl (C=O) groups excluding carboxylic acids is 2. The molecule has 0 aliphatic carbocycles. The van der Waals surface area contributed by atoms with E-state index in [-0.39, 0.29) is 16.6 Å². The molecule has 1 saturated heterocycles. The molecule has 2 aromatic rings. The molecule has 1 aromatic heterocycles. The van der Waals surface area contributed by atoms with E-state index in [1.807, 2.05) is 48.5 Å². The van der Waals surface area contributed by atoms with E-state index < -0.39 is 0 Å². The second kappa shape index (κ2) is 8.51. The molecule has 1 fully saturated rings. The van der Waals surface area contributed by atoms with Crippen molar-refractivity contribution >= 4 is 41.7 Å². The number of furan rings is 1. The van der Waals surface area contributed by atoms with Crippen LogP contribution in [0.2, 0.25) is 0 Å². The van der Waals surface area contributed by atoms with Crippen molar-refractivity contribution < 1.29 is 18.7 Å². The molecule has 5 nitrogen and oxygen atoms in total. The van der Waals surface area contributed by atoms with Crippen LogP contribution in [0.25, 0.3) is 17.4 Å². The third-order valence-corrected chi connectivity index (χ3v) is 5.53. The highest BCUT2D eigenvalue weighted by molar-refractivity contribution is 8.18. The molecule has 0 saturated carbocycles. The summed E-state index contributed by atoms with van der Waals surface area (Å²) in [5.74, 6) is 1.14. The predicted molar refractivity (Wildman–Crippen MR) is 106 cm³/mol.